The Morgan fingerprint density at radius 2 is 0.612 bits per heavy atom. The molecule has 0 spiro atoms. The van der Waals surface area contributed by atoms with Gasteiger partial charge in [0.05, 0.1) is 0 Å². The van der Waals surface area contributed by atoms with E-state index in [2.05, 4.69) is 112 Å². The zero-order chi connectivity index (χ0) is 48.6. The van der Waals surface area contributed by atoms with Gasteiger partial charge < -0.3 is 14.2 Å². The maximum Gasteiger partial charge on any atom is 0.306 e. The highest BCUT2D eigenvalue weighted by molar-refractivity contribution is 5.71. The predicted octanol–water partition coefficient (Wildman–Crippen LogP) is 18.5. The first-order chi connectivity index (χ1) is 33.0. The van der Waals surface area contributed by atoms with Gasteiger partial charge in [-0.15, -0.1) is 0 Å². The van der Waals surface area contributed by atoms with Crippen molar-refractivity contribution in [1.29, 1.82) is 0 Å². The fourth-order valence-corrected chi connectivity index (χ4v) is 7.40. The molecule has 6 nitrogen and oxygen atoms in total. The number of allylic oxidation sites excluding steroid dienone is 16. The Morgan fingerprint density at radius 3 is 1.01 bits per heavy atom. The van der Waals surface area contributed by atoms with Gasteiger partial charge in [-0.2, -0.15) is 0 Å². The Morgan fingerprint density at radius 1 is 0.313 bits per heavy atom. The number of ether oxygens (including phenoxy) is 3. The number of carbonyl (C=O) groups excluding carboxylic acids is 3. The Balaban J connectivity index is 4.51. The number of esters is 3. The van der Waals surface area contributed by atoms with Gasteiger partial charge in [-0.25, -0.2) is 0 Å². The highest BCUT2D eigenvalue weighted by atomic mass is 16.6. The number of rotatable bonds is 49. The lowest BCUT2D eigenvalue weighted by atomic mass is 10.1. The van der Waals surface area contributed by atoms with Crippen molar-refractivity contribution in [2.24, 2.45) is 0 Å². The summed E-state index contributed by atoms with van der Waals surface area (Å²) in [4.78, 5) is 38.1. The monoisotopic (exact) mass is 931 g/mol. The van der Waals surface area contributed by atoms with Gasteiger partial charge in [-0.1, -0.05) is 221 Å². The van der Waals surface area contributed by atoms with E-state index in [1.54, 1.807) is 0 Å². The molecule has 6 heteroatoms. The molecule has 0 fully saturated rings. The molecule has 0 N–H and O–H groups in total. The van der Waals surface area contributed by atoms with Gasteiger partial charge in [0.1, 0.15) is 13.2 Å². The summed E-state index contributed by atoms with van der Waals surface area (Å²) in [6, 6.07) is 0. The van der Waals surface area contributed by atoms with Gasteiger partial charge in [0, 0.05) is 19.3 Å². The van der Waals surface area contributed by atoms with Crippen molar-refractivity contribution in [3.63, 3.8) is 0 Å². The van der Waals surface area contributed by atoms with Crippen molar-refractivity contribution in [2.45, 2.75) is 258 Å². The molecule has 0 aliphatic carbocycles. The molecule has 0 rings (SSSR count). The minimum absolute atomic E-state index is 0.107. The molecule has 1 atom stereocenters. The van der Waals surface area contributed by atoms with Gasteiger partial charge in [-0.05, 0) is 109 Å². The van der Waals surface area contributed by atoms with Crippen molar-refractivity contribution in [1.82, 2.24) is 0 Å². The van der Waals surface area contributed by atoms with E-state index in [4.69, 9.17) is 14.2 Å². The third-order valence-electron chi connectivity index (χ3n) is 11.6. The third kappa shape index (κ3) is 53.2. The van der Waals surface area contributed by atoms with Crippen LogP contribution >= 0.6 is 0 Å². The quantitative estimate of drug-likeness (QED) is 0.0262. The van der Waals surface area contributed by atoms with Crippen molar-refractivity contribution >= 4 is 17.9 Å². The van der Waals surface area contributed by atoms with Crippen LogP contribution in [0.4, 0.5) is 0 Å². The molecule has 0 heterocycles. The summed E-state index contributed by atoms with van der Waals surface area (Å²) in [6.07, 6.45) is 72.6. The minimum Gasteiger partial charge on any atom is -0.462 e. The second-order valence-electron chi connectivity index (χ2n) is 18.1. The van der Waals surface area contributed by atoms with Crippen LogP contribution in [0.15, 0.2) is 97.2 Å². The second-order valence-corrected chi connectivity index (χ2v) is 18.1. The highest BCUT2D eigenvalue weighted by Crippen LogP contribution is 2.14. The molecule has 0 amide bonds. The van der Waals surface area contributed by atoms with Crippen LogP contribution in [0.5, 0.6) is 0 Å². The topological polar surface area (TPSA) is 78.9 Å². The Kier molecular flexibility index (Phi) is 51.9. The average Bonchev–Trinajstić information content (AvgIpc) is 3.33. The van der Waals surface area contributed by atoms with Crippen LogP contribution in [0, 0.1) is 0 Å². The molecule has 0 aromatic rings. The lowest BCUT2D eigenvalue weighted by Gasteiger charge is -2.18. The summed E-state index contributed by atoms with van der Waals surface area (Å²) >= 11 is 0. The summed E-state index contributed by atoms with van der Waals surface area (Å²) in [6.45, 7) is 6.43. The fourth-order valence-electron chi connectivity index (χ4n) is 7.40. The van der Waals surface area contributed by atoms with E-state index >= 15 is 0 Å². The maximum absolute atomic E-state index is 12.8. The molecule has 67 heavy (non-hydrogen) atoms. The van der Waals surface area contributed by atoms with Crippen molar-refractivity contribution < 1.29 is 28.6 Å². The molecule has 0 aliphatic heterocycles. The molecule has 0 saturated carbocycles. The molecular weight excluding hydrogens is 829 g/mol. The molecule has 0 saturated heterocycles. The van der Waals surface area contributed by atoms with E-state index in [-0.39, 0.29) is 37.5 Å². The Bertz CT molecular complexity index is 1350. The first-order valence-corrected chi connectivity index (χ1v) is 27.7. The fraction of sp³-hybridized carbons (Fsp3) is 0.689. The smallest absolute Gasteiger partial charge is 0.306 e. The van der Waals surface area contributed by atoms with Gasteiger partial charge in [-0.3, -0.25) is 14.4 Å². The number of carbonyl (C=O) groups is 3. The van der Waals surface area contributed by atoms with E-state index in [9.17, 15) is 14.4 Å². The first-order valence-electron chi connectivity index (χ1n) is 27.7. The molecule has 0 bridgehead atoms. The lowest BCUT2D eigenvalue weighted by molar-refractivity contribution is -0.166. The van der Waals surface area contributed by atoms with E-state index in [1.807, 2.05) is 6.08 Å². The molecular formula is C61H102O6. The van der Waals surface area contributed by atoms with Gasteiger partial charge in [0.15, 0.2) is 6.10 Å². The zero-order valence-electron chi connectivity index (χ0n) is 43.6. The highest BCUT2D eigenvalue weighted by Gasteiger charge is 2.19. The van der Waals surface area contributed by atoms with Gasteiger partial charge >= 0.3 is 17.9 Å². The van der Waals surface area contributed by atoms with Gasteiger partial charge in [0.25, 0.3) is 0 Å². The Labute approximate surface area is 413 Å². The third-order valence-corrected chi connectivity index (χ3v) is 11.6. The SMILES string of the molecule is CC/C=C/C/C=C/C/C=C/C/C=C/C/C=C/C/C=C/CCC(=O)OC[C@@H](COC(=O)CCCCCCC/C=C/CCCCCC)OC(=O)CCCCCCCCC/C=C/CCCCCCCC. The molecule has 0 aromatic carbocycles. The van der Waals surface area contributed by atoms with E-state index in [0.717, 1.165) is 89.9 Å². The number of hydrogen-bond donors (Lipinski definition) is 0. The summed E-state index contributed by atoms with van der Waals surface area (Å²) in [5, 5.41) is 0. The summed E-state index contributed by atoms with van der Waals surface area (Å²) in [5.74, 6) is -1.01. The van der Waals surface area contributed by atoms with E-state index in [0.29, 0.717) is 19.3 Å². The first kappa shape index (κ1) is 63.3. The second kappa shape index (κ2) is 54.9. The Hall–Kier alpha value is -3.67. The van der Waals surface area contributed by atoms with E-state index in [1.165, 1.54) is 116 Å². The number of hydrogen-bond acceptors (Lipinski definition) is 6. The molecule has 382 valence electrons. The van der Waals surface area contributed by atoms with Crippen molar-refractivity contribution in [3.8, 4) is 0 Å². The zero-order valence-corrected chi connectivity index (χ0v) is 43.6. The average molecular weight is 931 g/mol. The van der Waals surface area contributed by atoms with Crippen LogP contribution in [-0.4, -0.2) is 37.2 Å². The molecule has 0 unspecified atom stereocenters. The van der Waals surface area contributed by atoms with Crippen LogP contribution in [0.2, 0.25) is 0 Å². The summed E-state index contributed by atoms with van der Waals surface area (Å²) < 4.78 is 16.8. The van der Waals surface area contributed by atoms with Crippen molar-refractivity contribution in [2.75, 3.05) is 13.2 Å². The maximum atomic E-state index is 12.8. The largest absolute Gasteiger partial charge is 0.462 e. The molecule has 0 radical (unpaired) electrons. The molecule has 0 aromatic heterocycles. The van der Waals surface area contributed by atoms with Crippen molar-refractivity contribution in [3.05, 3.63) is 97.2 Å². The molecule has 0 aliphatic rings. The standard InChI is InChI=1S/C61H102O6/c1-4-7-10-13-16-19-22-25-27-29-30-32-33-36-39-42-45-48-51-54-60(63)66-57-58(56-65-59(62)53-50-47-44-41-38-35-24-21-18-15-12-9-6-3)67-61(64)55-52-49-46-43-40-37-34-31-28-26-23-20-17-14-11-8-5-2/h7,10,16,19,21,24-28,30,32,36,39,45,48,58H,4-6,8-9,11-15,17-18,20,22-23,29,31,33-35,37-38,40-44,46-47,49-57H2,1-3H3/b10-7+,19-16+,24-21+,27-25+,28-26+,32-30+,39-36+,48-45+/t58-/m1/s1. The van der Waals surface area contributed by atoms with Crippen LogP contribution < -0.4 is 0 Å². The summed E-state index contributed by atoms with van der Waals surface area (Å²) in [5.41, 5.74) is 0. The number of unbranched alkanes of at least 4 members (excludes halogenated alkanes) is 22. The normalized spacial score (nSPS) is 12.8. The minimum atomic E-state index is -0.814. The van der Waals surface area contributed by atoms with E-state index < -0.39 is 6.10 Å². The summed E-state index contributed by atoms with van der Waals surface area (Å²) in [7, 11) is 0. The lowest BCUT2D eigenvalue weighted by Crippen LogP contribution is -2.30. The van der Waals surface area contributed by atoms with Crippen LogP contribution in [0.25, 0.3) is 0 Å². The van der Waals surface area contributed by atoms with Gasteiger partial charge in [0.2, 0.25) is 0 Å². The van der Waals surface area contributed by atoms with Crippen LogP contribution in [0.1, 0.15) is 252 Å². The van der Waals surface area contributed by atoms with Crippen LogP contribution in [-0.2, 0) is 28.6 Å². The van der Waals surface area contributed by atoms with Crippen LogP contribution in [0.3, 0.4) is 0 Å². The predicted molar refractivity (Wildman–Crippen MR) is 288 cm³/mol.